The summed E-state index contributed by atoms with van der Waals surface area (Å²) in [5.41, 5.74) is -0.106. The summed E-state index contributed by atoms with van der Waals surface area (Å²) in [4.78, 5) is 26.0. The highest BCUT2D eigenvalue weighted by atomic mass is 16.5. The minimum atomic E-state index is -0.497. The molecule has 0 aliphatic carbocycles. The van der Waals surface area contributed by atoms with Crippen molar-refractivity contribution in [1.29, 1.82) is 0 Å². The van der Waals surface area contributed by atoms with E-state index in [-0.39, 0.29) is 6.10 Å². The lowest BCUT2D eigenvalue weighted by Crippen LogP contribution is -2.33. The number of rotatable bonds is 7. The summed E-state index contributed by atoms with van der Waals surface area (Å²) in [6.07, 6.45) is 1.65. The lowest BCUT2D eigenvalue weighted by Gasteiger charge is -2.15. The Balaban J connectivity index is 2.25. The summed E-state index contributed by atoms with van der Waals surface area (Å²) in [5.74, 6) is 1.61. The van der Waals surface area contributed by atoms with Crippen molar-refractivity contribution >= 4 is 12.0 Å². The Morgan fingerprint density at radius 1 is 1.27 bits per heavy atom. The molecule has 140 valence electrons. The molecule has 0 atom stereocenters. The Morgan fingerprint density at radius 2 is 2.00 bits per heavy atom. The highest BCUT2D eigenvalue weighted by Gasteiger charge is 2.08. The van der Waals surface area contributed by atoms with Gasteiger partial charge in [0.2, 0.25) is 0 Å². The van der Waals surface area contributed by atoms with Crippen LogP contribution in [0.3, 0.4) is 0 Å². The molecule has 0 fully saturated rings. The summed E-state index contributed by atoms with van der Waals surface area (Å²) in [7, 11) is 3.05. The quantitative estimate of drug-likeness (QED) is 0.600. The van der Waals surface area contributed by atoms with Gasteiger partial charge in [0.15, 0.2) is 11.5 Å². The van der Waals surface area contributed by atoms with Gasteiger partial charge in [-0.2, -0.15) is 5.10 Å². The highest BCUT2D eigenvalue weighted by Crippen LogP contribution is 2.29. The van der Waals surface area contributed by atoms with E-state index >= 15 is 0 Å². The first-order chi connectivity index (χ1) is 12.3. The molecule has 0 bridgehead atoms. The van der Waals surface area contributed by atoms with Crippen molar-refractivity contribution in [2.75, 3.05) is 18.7 Å². The second-order valence-electron chi connectivity index (χ2n) is 5.93. The van der Waals surface area contributed by atoms with E-state index in [1.807, 2.05) is 39.0 Å². The van der Waals surface area contributed by atoms with Gasteiger partial charge < -0.3 is 9.47 Å². The third-order valence-electron chi connectivity index (χ3n) is 3.49. The van der Waals surface area contributed by atoms with Crippen LogP contribution in [0.4, 0.5) is 5.82 Å². The second kappa shape index (κ2) is 8.37. The Kier molecular flexibility index (Phi) is 6.21. The van der Waals surface area contributed by atoms with Crippen molar-refractivity contribution < 1.29 is 9.47 Å². The molecule has 0 radical (unpaired) electrons. The standard InChI is InChI=1S/C18H24N4O4/c1-6-25-15-9-13(7-8-14(15)26-12(2)3)11-19-22(5)16-10-17(23)21(4)18(24)20-16/h7-12H,6H2,1-5H3,(H,20,24)/b19-11-. The zero-order chi connectivity index (χ0) is 19.3. The monoisotopic (exact) mass is 360 g/mol. The number of hydrogen-bond donors (Lipinski definition) is 1. The molecule has 0 aliphatic heterocycles. The van der Waals surface area contributed by atoms with E-state index in [4.69, 9.17) is 9.47 Å². The molecule has 0 amide bonds. The fraction of sp³-hybridized carbons (Fsp3) is 0.389. The van der Waals surface area contributed by atoms with E-state index in [0.717, 1.165) is 10.1 Å². The molecule has 1 aromatic heterocycles. The molecule has 1 heterocycles. The minimum Gasteiger partial charge on any atom is -0.490 e. The van der Waals surface area contributed by atoms with Crippen LogP contribution in [0.5, 0.6) is 11.5 Å². The van der Waals surface area contributed by atoms with E-state index in [1.54, 1.807) is 13.3 Å². The molecule has 0 saturated heterocycles. The first kappa shape index (κ1) is 19.3. The SMILES string of the molecule is CCOc1cc(/C=N\N(C)c2cc(=O)n(C)c(=O)[nH]2)ccc1OC(C)C. The number of H-pyrrole nitrogens is 1. The van der Waals surface area contributed by atoms with Gasteiger partial charge in [-0.15, -0.1) is 0 Å². The molecule has 2 rings (SSSR count). The summed E-state index contributed by atoms with van der Waals surface area (Å²) in [5, 5.41) is 5.68. The van der Waals surface area contributed by atoms with Crippen molar-refractivity contribution in [3.63, 3.8) is 0 Å². The minimum absolute atomic E-state index is 0.0392. The molecule has 0 spiro atoms. The van der Waals surface area contributed by atoms with E-state index in [1.165, 1.54) is 18.1 Å². The first-order valence-corrected chi connectivity index (χ1v) is 8.33. The van der Waals surface area contributed by atoms with Crippen molar-refractivity contribution in [2.45, 2.75) is 26.9 Å². The zero-order valence-electron chi connectivity index (χ0n) is 15.6. The Hall–Kier alpha value is -3.03. The predicted molar refractivity (Wildman–Crippen MR) is 102 cm³/mol. The lowest BCUT2D eigenvalue weighted by atomic mass is 10.2. The molecule has 1 aromatic carbocycles. The van der Waals surface area contributed by atoms with Gasteiger partial charge in [0.1, 0.15) is 5.82 Å². The third kappa shape index (κ3) is 4.75. The molecule has 0 unspecified atom stereocenters. The number of nitrogens with zero attached hydrogens (tertiary/aromatic N) is 3. The smallest absolute Gasteiger partial charge is 0.329 e. The largest absolute Gasteiger partial charge is 0.490 e. The third-order valence-corrected chi connectivity index (χ3v) is 3.49. The fourth-order valence-corrected chi connectivity index (χ4v) is 2.16. The Bertz CT molecular complexity index is 868. The predicted octanol–water partition coefficient (Wildman–Crippen LogP) is 1.73. The number of hydrogen-bond acceptors (Lipinski definition) is 6. The van der Waals surface area contributed by atoms with Crippen LogP contribution in [-0.2, 0) is 7.05 Å². The number of anilines is 1. The van der Waals surface area contributed by atoms with Crippen LogP contribution < -0.4 is 25.7 Å². The first-order valence-electron chi connectivity index (χ1n) is 8.33. The summed E-state index contributed by atoms with van der Waals surface area (Å²) in [6, 6.07) is 6.81. The highest BCUT2D eigenvalue weighted by molar-refractivity contribution is 5.81. The van der Waals surface area contributed by atoms with Gasteiger partial charge in [0.25, 0.3) is 5.56 Å². The van der Waals surface area contributed by atoms with Crippen LogP contribution in [0, 0.1) is 0 Å². The van der Waals surface area contributed by atoms with Crippen LogP contribution >= 0.6 is 0 Å². The molecular weight excluding hydrogens is 336 g/mol. The van der Waals surface area contributed by atoms with Gasteiger partial charge in [-0.3, -0.25) is 19.4 Å². The van der Waals surface area contributed by atoms with E-state index in [9.17, 15) is 9.59 Å². The van der Waals surface area contributed by atoms with E-state index in [2.05, 4.69) is 10.1 Å². The Labute approximate surface area is 151 Å². The number of aromatic nitrogens is 2. The summed E-state index contributed by atoms with van der Waals surface area (Å²) < 4.78 is 12.3. The maximum absolute atomic E-state index is 11.7. The maximum Gasteiger partial charge on any atom is 0.329 e. The van der Waals surface area contributed by atoms with Crippen molar-refractivity contribution in [3.05, 3.63) is 50.7 Å². The van der Waals surface area contributed by atoms with Crippen molar-refractivity contribution in [1.82, 2.24) is 9.55 Å². The van der Waals surface area contributed by atoms with Crippen LogP contribution in [0.1, 0.15) is 26.3 Å². The maximum atomic E-state index is 11.7. The van der Waals surface area contributed by atoms with Crippen molar-refractivity contribution in [2.24, 2.45) is 12.1 Å². The van der Waals surface area contributed by atoms with Gasteiger partial charge in [-0.05, 0) is 44.5 Å². The van der Waals surface area contributed by atoms with Gasteiger partial charge in [-0.1, -0.05) is 0 Å². The number of hydrazone groups is 1. The molecule has 0 aliphatic rings. The molecule has 1 N–H and O–H groups in total. The number of aromatic amines is 1. The van der Waals surface area contributed by atoms with Crippen LogP contribution in [-0.4, -0.2) is 35.5 Å². The van der Waals surface area contributed by atoms with Crippen molar-refractivity contribution in [3.8, 4) is 11.5 Å². The summed E-state index contributed by atoms with van der Waals surface area (Å²) in [6.45, 7) is 6.32. The van der Waals surface area contributed by atoms with Crippen LogP contribution in [0.15, 0.2) is 39.0 Å². The average Bonchev–Trinajstić information content (AvgIpc) is 2.58. The van der Waals surface area contributed by atoms with E-state index < -0.39 is 11.2 Å². The fourth-order valence-electron chi connectivity index (χ4n) is 2.16. The van der Waals surface area contributed by atoms with Gasteiger partial charge >= 0.3 is 5.69 Å². The van der Waals surface area contributed by atoms with Gasteiger partial charge in [-0.25, -0.2) is 4.79 Å². The summed E-state index contributed by atoms with van der Waals surface area (Å²) >= 11 is 0. The number of benzene rings is 1. The second-order valence-corrected chi connectivity index (χ2v) is 5.93. The van der Waals surface area contributed by atoms with Crippen LogP contribution in [0.2, 0.25) is 0 Å². The van der Waals surface area contributed by atoms with Crippen LogP contribution in [0.25, 0.3) is 0 Å². The molecule has 8 heteroatoms. The Morgan fingerprint density at radius 3 is 2.62 bits per heavy atom. The average molecular weight is 360 g/mol. The molecule has 2 aromatic rings. The zero-order valence-corrected chi connectivity index (χ0v) is 15.6. The number of nitrogens with one attached hydrogen (secondary N) is 1. The molecular formula is C18H24N4O4. The number of ether oxygens (including phenoxy) is 2. The van der Waals surface area contributed by atoms with Gasteiger partial charge in [0, 0.05) is 20.2 Å². The lowest BCUT2D eigenvalue weighted by molar-refractivity contribution is 0.224. The topological polar surface area (TPSA) is 88.9 Å². The van der Waals surface area contributed by atoms with Gasteiger partial charge in [0.05, 0.1) is 18.9 Å². The molecule has 0 saturated carbocycles. The van der Waals surface area contributed by atoms with E-state index in [0.29, 0.717) is 23.9 Å². The molecule has 8 nitrogen and oxygen atoms in total. The molecule has 26 heavy (non-hydrogen) atoms. The normalized spacial score (nSPS) is 11.2.